The molecule has 0 unspecified atom stereocenters. The van der Waals surface area contributed by atoms with Crippen LogP contribution in [0.1, 0.15) is 18.1 Å². The van der Waals surface area contributed by atoms with Crippen LogP contribution in [0.25, 0.3) is 5.57 Å². The molecule has 170 valence electrons. The first-order valence-corrected chi connectivity index (χ1v) is 10.6. The molecule has 2 aliphatic heterocycles. The maximum atomic E-state index is 13.5. The number of benzene rings is 3. The van der Waals surface area contributed by atoms with Gasteiger partial charge < -0.3 is 20.1 Å². The molecule has 2 aliphatic rings. The quantitative estimate of drug-likeness (QED) is 0.563. The molecule has 3 aromatic rings. The minimum absolute atomic E-state index is 0.135. The number of anilines is 3. The number of rotatable bonds is 5. The van der Waals surface area contributed by atoms with Gasteiger partial charge in [-0.1, -0.05) is 29.8 Å². The standard InChI is InChI=1S/C26H21N3O5/c1-15-3-5-17(6-4-15)23-24(28-19-9-12-21-22(13-19)34-14-33-21)26(32)29(25(23)31)20-10-7-18(8-11-20)27-16(2)30/h3-13,28H,14H2,1-2H3,(H,27,30). The SMILES string of the molecule is CC(=O)Nc1ccc(N2C(=O)C(Nc3ccc4c(c3)OCO4)=C(c3ccc(C)cc3)C2=O)cc1. The average molecular weight is 455 g/mol. The summed E-state index contributed by atoms with van der Waals surface area (Å²) < 4.78 is 10.8. The summed E-state index contributed by atoms with van der Waals surface area (Å²) in [5, 5.41) is 5.80. The Morgan fingerprint density at radius 3 is 2.24 bits per heavy atom. The number of nitrogens with zero attached hydrogens (tertiary/aromatic N) is 1. The summed E-state index contributed by atoms with van der Waals surface area (Å²) in [6.07, 6.45) is 0. The van der Waals surface area contributed by atoms with E-state index in [4.69, 9.17) is 9.47 Å². The number of imide groups is 1. The number of nitrogens with one attached hydrogen (secondary N) is 2. The number of carbonyl (C=O) groups excluding carboxylic acids is 3. The number of hydrogen-bond acceptors (Lipinski definition) is 6. The number of hydrogen-bond donors (Lipinski definition) is 2. The van der Waals surface area contributed by atoms with Crippen molar-refractivity contribution in [3.05, 3.63) is 83.6 Å². The zero-order valence-corrected chi connectivity index (χ0v) is 18.5. The minimum atomic E-state index is -0.481. The van der Waals surface area contributed by atoms with Gasteiger partial charge in [-0.25, -0.2) is 4.90 Å². The van der Waals surface area contributed by atoms with Gasteiger partial charge in [0, 0.05) is 24.4 Å². The van der Waals surface area contributed by atoms with Gasteiger partial charge >= 0.3 is 0 Å². The Morgan fingerprint density at radius 2 is 1.53 bits per heavy atom. The first-order valence-electron chi connectivity index (χ1n) is 10.6. The Hall–Kier alpha value is -4.59. The molecule has 3 amide bonds. The topological polar surface area (TPSA) is 97.0 Å². The fourth-order valence-electron chi connectivity index (χ4n) is 3.88. The highest BCUT2D eigenvalue weighted by molar-refractivity contribution is 6.46. The number of fused-ring (bicyclic) bond motifs is 1. The highest BCUT2D eigenvalue weighted by Gasteiger charge is 2.40. The molecule has 5 rings (SSSR count). The molecule has 8 nitrogen and oxygen atoms in total. The molecular formula is C26H21N3O5. The summed E-state index contributed by atoms with van der Waals surface area (Å²) in [6, 6.07) is 19.2. The van der Waals surface area contributed by atoms with Gasteiger partial charge in [-0.2, -0.15) is 0 Å². The summed E-state index contributed by atoms with van der Waals surface area (Å²) in [6.45, 7) is 3.50. The third-order valence-corrected chi connectivity index (χ3v) is 5.51. The maximum Gasteiger partial charge on any atom is 0.282 e. The molecule has 0 bridgehead atoms. The summed E-state index contributed by atoms with van der Waals surface area (Å²) in [7, 11) is 0. The van der Waals surface area contributed by atoms with Crippen molar-refractivity contribution in [2.45, 2.75) is 13.8 Å². The van der Waals surface area contributed by atoms with Gasteiger partial charge in [0.15, 0.2) is 11.5 Å². The van der Waals surface area contributed by atoms with Crippen molar-refractivity contribution >= 4 is 40.4 Å². The van der Waals surface area contributed by atoms with E-state index in [1.807, 2.05) is 31.2 Å². The van der Waals surface area contributed by atoms with Gasteiger partial charge in [0.05, 0.1) is 11.3 Å². The molecule has 0 radical (unpaired) electrons. The molecule has 0 atom stereocenters. The Labute approximate surface area is 195 Å². The van der Waals surface area contributed by atoms with E-state index in [1.54, 1.807) is 42.5 Å². The number of carbonyl (C=O) groups is 3. The van der Waals surface area contributed by atoms with Crippen LogP contribution in [0.3, 0.4) is 0 Å². The van der Waals surface area contributed by atoms with Gasteiger partial charge in [-0.3, -0.25) is 14.4 Å². The van der Waals surface area contributed by atoms with Crippen LogP contribution in [0.2, 0.25) is 0 Å². The van der Waals surface area contributed by atoms with Gasteiger partial charge in [0.1, 0.15) is 5.70 Å². The van der Waals surface area contributed by atoms with Crippen LogP contribution in [-0.2, 0) is 14.4 Å². The molecular weight excluding hydrogens is 434 g/mol. The lowest BCUT2D eigenvalue weighted by molar-refractivity contribution is -0.120. The molecule has 3 aromatic carbocycles. The summed E-state index contributed by atoms with van der Waals surface area (Å²) in [5.74, 6) is 0.0483. The van der Waals surface area contributed by atoms with E-state index in [1.165, 1.54) is 6.92 Å². The lowest BCUT2D eigenvalue weighted by Crippen LogP contribution is -2.32. The van der Waals surface area contributed by atoms with Crippen molar-refractivity contribution in [1.29, 1.82) is 0 Å². The Morgan fingerprint density at radius 1 is 0.853 bits per heavy atom. The van der Waals surface area contributed by atoms with Crippen LogP contribution < -0.4 is 25.0 Å². The second-order valence-electron chi connectivity index (χ2n) is 7.98. The molecule has 0 aliphatic carbocycles. The van der Waals surface area contributed by atoms with Crippen molar-refractivity contribution in [2.24, 2.45) is 0 Å². The summed E-state index contributed by atoms with van der Waals surface area (Å²) in [5.41, 5.74) is 3.67. The molecule has 0 fully saturated rings. The Balaban J connectivity index is 1.53. The normalized spacial score (nSPS) is 14.6. The van der Waals surface area contributed by atoms with E-state index in [0.717, 1.165) is 10.5 Å². The van der Waals surface area contributed by atoms with Crippen LogP contribution in [0.4, 0.5) is 17.1 Å². The molecule has 0 saturated heterocycles. The fourth-order valence-corrected chi connectivity index (χ4v) is 3.88. The summed E-state index contributed by atoms with van der Waals surface area (Å²) >= 11 is 0. The van der Waals surface area contributed by atoms with Gasteiger partial charge in [-0.15, -0.1) is 0 Å². The fraction of sp³-hybridized carbons (Fsp3) is 0.115. The van der Waals surface area contributed by atoms with Crippen LogP contribution in [-0.4, -0.2) is 24.5 Å². The maximum absolute atomic E-state index is 13.5. The molecule has 2 heterocycles. The van der Waals surface area contributed by atoms with E-state index >= 15 is 0 Å². The molecule has 0 aromatic heterocycles. The van der Waals surface area contributed by atoms with Crippen molar-refractivity contribution < 1.29 is 23.9 Å². The molecule has 0 spiro atoms. The average Bonchev–Trinajstić information content (AvgIpc) is 3.37. The number of amides is 3. The van der Waals surface area contributed by atoms with E-state index in [0.29, 0.717) is 34.1 Å². The van der Waals surface area contributed by atoms with Crippen LogP contribution in [0, 0.1) is 6.92 Å². The number of aryl methyl sites for hydroxylation is 1. The predicted octanol–water partition coefficient (Wildman–Crippen LogP) is 4.08. The van der Waals surface area contributed by atoms with Crippen LogP contribution in [0.5, 0.6) is 11.5 Å². The lowest BCUT2D eigenvalue weighted by atomic mass is 10.0. The van der Waals surface area contributed by atoms with Crippen LogP contribution >= 0.6 is 0 Å². The van der Waals surface area contributed by atoms with Crippen molar-refractivity contribution in [3.8, 4) is 11.5 Å². The van der Waals surface area contributed by atoms with Crippen molar-refractivity contribution in [3.63, 3.8) is 0 Å². The second kappa shape index (κ2) is 8.40. The van der Waals surface area contributed by atoms with Crippen molar-refractivity contribution in [2.75, 3.05) is 22.3 Å². The van der Waals surface area contributed by atoms with Crippen molar-refractivity contribution in [1.82, 2.24) is 0 Å². The van der Waals surface area contributed by atoms with Gasteiger partial charge in [-0.05, 0) is 48.9 Å². The van der Waals surface area contributed by atoms with E-state index in [9.17, 15) is 14.4 Å². The van der Waals surface area contributed by atoms with Crippen LogP contribution in [0.15, 0.2) is 72.4 Å². The Kier molecular flexibility index (Phi) is 5.25. The third-order valence-electron chi connectivity index (χ3n) is 5.51. The Bertz CT molecular complexity index is 1340. The molecule has 8 heteroatoms. The monoisotopic (exact) mass is 455 g/mol. The molecule has 34 heavy (non-hydrogen) atoms. The molecule has 0 saturated carbocycles. The highest BCUT2D eigenvalue weighted by atomic mass is 16.7. The van der Waals surface area contributed by atoms with E-state index in [-0.39, 0.29) is 24.0 Å². The minimum Gasteiger partial charge on any atom is -0.454 e. The van der Waals surface area contributed by atoms with Gasteiger partial charge in [0.25, 0.3) is 11.8 Å². The zero-order chi connectivity index (χ0) is 23.8. The van der Waals surface area contributed by atoms with Gasteiger partial charge in [0.2, 0.25) is 12.7 Å². The lowest BCUT2D eigenvalue weighted by Gasteiger charge is -2.16. The summed E-state index contributed by atoms with van der Waals surface area (Å²) in [4.78, 5) is 39.5. The molecule has 2 N–H and O–H groups in total. The van der Waals surface area contributed by atoms with E-state index in [2.05, 4.69) is 10.6 Å². The number of ether oxygens (including phenoxy) is 2. The predicted molar refractivity (Wildman–Crippen MR) is 128 cm³/mol. The smallest absolute Gasteiger partial charge is 0.282 e. The first-order chi connectivity index (χ1) is 16.4. The van der Waals surface area contributed by atoms with E-state index < -0.39 is 11.8 Å². The first kappa shape index (κ1) is 21.3. The second-order valence-corrected chi connectivity index (χ2v) is 7.98. The highest BCUT2D eigenvalue weighted by Crippen LogP contribution is 2.37. The zero-order valence-electron chi connectivity index (χ0n) is 18.5. The largest absolute Gasteiger partial charge is 0.454 e. The third kappa shape index (κ3) is 3.86.